The molecule has 0 saturated heterocycles. The van der Waals surface area contributed by atoms with Gasteiger partial charge in [0.25, 0.3) is 0 Å². The number of allylic oxidation sites excluding steroid dienone is 1. The van der Waals surface area contributed by atoms with Gasteiger partial charge in [0.15, 0.2) is 0 Å². The fourth-order valence-corrected chi connectivity index (χ4v) is 0.184. The normalized spacial score (nSPS) is 7.55. The molecule has 0 atom stereocenters. The maximum absolute atomic E-state index is 9.99. The molecule has 0 aromatic rings. The van der Waals surface area contributed by atoms with E-state index in [9.17, 15) is 4.79 Å². The average molecular weight is 162 g/mol. The Kier molecular flexibility index (Phi) is 10.2. The highest BCUT2D eigenvalue weighted by Gasteiger charge is 2.02. The lowest BCUT2D eigenvalue weighted by Gasteiger charge is -2.11. The van der Waals surface area contributed by atoms with Gasteiger partial charge >= 0.3 is 6.03 Å². The molecule has 4 N–H and O–H groups in total. The molecule has 0 aromatic carbocycles. The molecule has 66 valence electrons. The summed E-state index contributed by atoms with van der Waals surface area (Å²) in [5.74, 6) is 0. The highest BCUT2D eigenvalue weighted by Crippen LogP contribution is 1.78. The third-order valence-corrected chi connectivity index (χ3v) is 0.653. The zero-order valence-electron chi connectivity index (χ0n) is 6.53. The van der Waals surface area contributed by atoms with E-state index < -0.39 is 19.5 Å². The minimum atomic E-state index is -0.838. The van der Waals surface area contributed by atoms with E-state index >= 15 is 0 Å². The Hall–Kier alpha value is -1.07. The van der Waals surface area contributed by atoms with Gasteiger partial charge in [-0.3, -0.25) is 4.90 Å². The van der Waals surface area contributed by atoms with Crippen LogP contribution in [0.25, 0.3) is 0 Å². The molecular weight excluding hydrogens is 148 g/mol. The molecule has 5 heteroatoms. The molecule has 2 amide bonds. The number of aliphatic hydroxyl groups is 2. The first-order valence-corrected chi connectivity index (χ1v) is 2.97. The minimum absolute atomic E-state index is 0.550. The largest absolute Gasteiger partial charge is 0.376 e. The summed E-state index contributed by atoms with van der Waals surface area (Å²) >= 11 is 0. The van der Waals surface area contributed by atoms with Gasteiger partial charge in [-0.25, -0.2) is 4.79 Å². The van der Waals surface area contributed by atoms with Crippen molar-refractivity contribution in [3.05, 3.63) is 12.7 Å². The van der Waals surface area contributed by atoms with Crippen LogP contribution in [0.1, 0.15) is 6.92 Å². The van der Waals surface area contributed by atoms with Crippen LogP contribution >= 0.6 is 0 Å². The number of hydrogen-bond donors (Lipinski definition) is 3. The summed E-state index contributed by atoms with van der Waals surface area (Å²) in [4.78, 5) is 10.7. The Morgan fingerprint density at radius 3 is 1.91 bits per heavy atom. The molecule has 0 aliphatic carbocycles. The zero-order valence-corrected chi connectivity index (χ0v) is 6.53. The molecule has 11 heavy (non-hydrogen) atoms. The fraction of sp³-hybridized carbons (Fsp3) is 0.500. The molecule has 0 spiro atoms. The molecule has 5 nitrogen and oxygen atoms in total. The number of nitrogens with two attached hydrogens (primary N) is 1. The van der Waals surface area contributed by atoms with Crippen LogP contribution in [0.3, 0.4) is 0 Å². The average Bonchev–Trinajstić information content (AvgIpc) is 1.91. The van der Waals surface area contributed by atoms with Gasteiger partial charge in [0.2, 0.25) is 0 Å². The predicted molar refractivity (Wildman–Crippen MR) is 41.5 cm³/mol. The molecule has 0 fully saturated rings. The van der Waals surface area contributed by atoms with Crippen molar-refractivity contribution in [2.75, 3.05) is 13.5 Å². The van der Waals surface area contributed by atoms with Crippen molar-refractivity contribution in [1.82, 2.24) is 4.90 Å². The molecule has 0 rings (SSSR count). The van der Waals surface area contributed by atoms with Crippen LogP contribution in [0.15, 0.2) is 12.7 Å². The summed E-state index contributed by atoms with van der Waals surface area (Å²) in [6.45, 7) is 4.15. The van der Waals surface area contributed by atoms with Gasteiger partial charge in [-0.05, 0) is 6.92 Å². The van der Waals surface area contributed by atoms with E-state index in [-0.39, 0.29) is 0 Å². The number of hydrogen-bond acceptors (Lipinski definition) is 3. The number of carbonyl (C=O) groups excluding carboxylic acids is 1. The van der Waals surface area contributed by atoms with Gasteiger partial charge in [-0.1, -0.05) is 6.08 Å². The van der Waals surface area contributed by atoms with Gasteiger partial charge in [0.05, 0.1) is 0 Å². The second-order valence-electron chi connectivity index (χ2n) is 1.57. The van der Waals surface area contributed by atoms with Crippen molar-refractivity contribution in [3.63, 3.8) is 0 Å². The Bertz CT molecular complexity index is 112. The van der Waals surface area contributed by atoms with Gasteiger partial charge in [0.1, 0.15) is 13.5 Å². The van der Waals surface area contributed by atoms with Crippen molar-refractivity contribution in [1.29, 1.82) is 0 Å². The highest BCUT2D eigenvalue weighted by atomic mass is 16.3. The van der Waals surface area contributed by atoms with Crippen molar-refractivity contribution < 1.29 is 15.0 Å². The van der Waals surface area contributed by atoms with Gasteiger partial charge in [0, 0.05) is 0 Å². The van der Waals surface area contributed by atoms with Crippen LogP contribution in [0.5, 0.6) is 0 Å². The third kappa shape index (κ3) is 8.93. The molecule has 0 unspecified atom stereocenters. The number of urea groups is 1. The maximum Gasteiger partial charge on any atom is 0.318 e. The number of nitrogens with zero attached hydrogens (tertiary/aromatic N) is 1. The molecule has 0 saturated carbocycles. The Morgan fingerprint density at radius 1 is 1.64 bits per heavy atom. The molecule has 0 aromatic heterocycles. The number of aliphatic hydroxyl groups excluding tert-OH is 2. The summed E-state index contributed by atoms with van der Waals surface area (Å²) in [5, 5.41) is 16.3. The van der Waals surface area contributed by atoms with Crippen LogP contribution in [0, 0.1) is 0 Å². The number of carbonyl (C=O) groups is 1. The fourth-order valence-electron chi connectivity index (χ4n) is 0.184. The van der Waals surface area contributed by atoms with Crippen LogP contribution in [-0.4, -0.2) is 34.6 Å². The van der Waals surface area contributed by atoms with E-state index in [0.717, 1.165) is 0 Å². The summed E-state index contributed by atoms with van der Waals surface area (Å²) in [7, 11) is 0. The van der Waals surface area contributed by atoms with E-state index in [1.807, 2.05) is 6.92 Å². The number of amides is 2. The second kappa shape index (κ2) is 8.93. The molecule has 0 bridgehead atoms. The summed E-state index contributed by atoms with van der Waals surface area (Å²) in [5.41, 5.74) is 4.62. The smallest absolute Gasteiger partial charge is 0.318 e. The first-order chi connectivity index (χ1) is 5.13. The number of primary amides is 1. The molecule has 0 radical (unpaired) electrons. The van der Waals surface area contributed by atoms with E-state index in [2.05, 4.69) is 12.3 Å². The lowest BCUT2D eigenvalue weighted by atomic mass is 10.8. The summed E-state index contributed by atoms with van der Waals surface area (Å²) < 4.78 is 0. The van der Waals surface area contributed by atoms with Crippen LogP contribution in [0.4, 0.5) is 4.79 Å². The molecular formula is C6H14N2O3. The molecule has 0 aliphatic rings. The van der Waals surface area contributed by atoms with Gasteiger partial charge < -0.3 is 15.9 Å². The molecule has 0 heterocycles. The van der Waals surface area contributed by atoms with Crippen molar-refractivity contribution in [3.8, 4) is 0 Å². The van der Waals surface area contributed by atoms with Crippen molar-refractivity contribution >= 4 is 6.03 Å². The van der Waals surface area contributed by atoms with Gasteiger partial charge in [-0.2, -0.15) is 0 Å². The van der Waals surface area contributed by atoms with Crippen LogP contribution in [0.2, 0.25) is 0 Å². The van der Waals surface area contributed by atoms with Crippen molar-refractivity contribution in [2.45, 2.75) is 6.92 Å². The predicted octanol–water partition coefficient (Wildman–Crippen LogP) is -0.541. The van der Waals surface area contributed by atoms with E-state index in [4.69, 9.17) is 10.2 Å². The molecule has 0 aliphatic heterocycles. The summed E-state index contributed by atoms with van der Waals surface area (Å²) in [6.07, 6.45) is 1.75. The van der Waals surface area contributed by atoms with Crippen molar-refractivity contribution in [2.24, 2.45) is 5.73 Å². The summed E-state index contributed by atoms with van der Waals surface area (Å²) in [6, 6.07) is -0.838. The Balaban J connectivity index is 0. The first-order valence-electron chi connectivity index (χ1n) is 2.97. The zero-order chi connectivity index (χ0) is 9.28. The Morgan fingerprint density at radius 2 is 1.91 bits per heavy atom. The SMILES string of the molecule is C=CC.NC(=O)N(CO)CO. The van der Waals surface area contributed by atoms with E-state index in [1.165, 1.54) is 0 Å². The quantitative estimate of drug-likeness (QED) is 0.376. The lowest BCUT2D eigenvalue weighted by molar-refractivity contribution is 0.0608. The first kappa shape index (κ1) is 12.6. The van der Waals surface area contributed by atoms with Gasteiger partial charge in [-0.15, -0.1) is 6.58 Å². The lowest BCUT2D eigenvalue weighted by Crippen LogP contribution is -2.36. The number of rotatable bonds is 2. The van der Waals surface area contributed by atoms with E-state index in [0.29, 0.717) is 4.90 Å². The topological polar surface area (TPSA) is 86.8 Å². The minimum Gasteiger partial charge on any atom is -0.376 e. The third-order valence-electron chi connectivity index (χ3n) is 0.653. The highest BCUT2D eigenvalue weighted by molar-refractivity contribution is 5.71. The van der Waals surface area contributed by atoms with E-state index in [1.54, 1.807) is 6.08 Å². The monoisotopic (exact) mass is 162 g/mol. The van der Waals surface area contributed by atoms with Crippen LogP contribution < -0.4 is 5.73 Å². The maximum atomic E-state index is 9.99. The van der Waals surface area contributed by atoms with Crippen LogP contribution in [-0.2, 0) is 0 Å². The second-order valence-corrected chi connectivity index (χ2v) is 1.57. The Labute approximate surface area is 65.7 Å². The standard InChI is InChI=1S/C3H8N2O3.C3H6/c4-3(8)5(1-6)2-7;1-3-2/h6-7H,1-2H2,(H2,4,8);3H,1H2,2H3.